The predicted molar refractivity (Wildman–Crippen MR) is 126 cm³/mol. The third kappa shape index (κ3) is 5.84. The number of halogens is 1. The van der Waals surface area contributed by atoms with Gasteiger partial charge in [0.25, 0.3) is 0 Å². The number of nitrogens with zero attached hydrogens (tertiary/aromatic N) is 2. The van der Waals surface area contributed by atoms with Crippen LogP contribution in [0.5, 0.6) is 0 Å². The number of hydrogen-bond donors (Lipinski definition) is 2. The van der Waals surface area contributed by atoms with Crippen LogP contribution in [0.4, 0.5) is 5.69 Å². The fourth-order valence-corrected chi connectivity index (χ4v) is 4.71. The molecule has 2 heterocycles. The molecule has 0 spiro atoms. The number of benzene rings is 2. The van der Waals surface area contributed by atoms with Crippen molar-refractivity contribution < 1.29 is 0 Å². The van der Waals surface area contributed by atoms with Crippen molar-refractivity contribution in [2.75, 3.05) is 31.1 Å². The molecule has 4 nitrogen and oxygen atoms in total. The molecular formula is C23H29ClN4S. The fourth-order valence-electron chi connectivity index (χ4n) is 4.25. The summed E-state index contributed by atoms with van der Waals surface area (Å²) >= 11 is 11.6. The number of piperidine rings is 1. The van der Waals surface area contributed by atoms with Gasteiger partial charge in [0.15, 0.2) is 5.11 Å². The predicted octanol–water partition coefficient (Wildman–Crippen LogP) is 4.05. The summed E-state index contributed by atoms with van der Waals surface area (Å²) in [6, 6.07) is 19.7. The largest absolute Gasteiger partial charge is 0.369 e. The molecule has 2 fully saturated rings. The van der Waals surface area contributed by atoms with E-state index in [0.29, 0.717) is 12.1 Å². The molecule has 2 aliphatic heterocycles. The van der Waals surface area contributed by atoms with Gasteiger partial charge in [0.1, 0.15) is 0 Å². The molecule has 2 saturated heterocycles. The molecule has 0 aromatic heterocycles. The van der Waals surface area contributed by atoms with E-state index in [9.17, 15) is 0 Å². The minimum atomic E-state index is 0.392. The molecule has 0 saturated carbocycles. The Bertz CT molecular complexity index is 790. The first-order valence-corrected chi connectivity index (χ1v) is 11.3. The summed E-state index contributed by atoms with van der Waals surface area (Å²) in [5.41, 5.74) is 2.62. The molecule has 2 N–H and O–H groups in total. The van der Waals surface area contributed by atoms with Crippen molar-refractivity contribution in [2.45, 2.75) is 37.9 Å². The first kappa shape index (κ1) is 20.5. The highest BCUT2D eigenvalue weighted by Crippen LogP contribution is 2.22. The number of nitrogens with one attached hydrogen (secondary N) is 2. The van der Waals surface area contributed by atoms with Crippen LogP contribution in [0.1, 0.15) is 24.8 Å². The summed E-state index contributed by atoms with van der Waals surface area (Å²) in [6.45, 7) is 5.28. The third-order valence-electron chi connectivity index (χ3n) is 5.89. The maximum absolute atomic E-state index is 6.00. The van der Waals surface area contributed by atoms with Gasteiger partial charge >= 0.3 is 0 Å². The number of thiocarbonyl (C=S) groups is 1. The van der Waals surface area contributed by atoms with Gasteiger partial charge in [0.05, 0.1) is 0 Å². The molecule has 0 unspecified atom stereocenters. The summed E-state index contributed by atoms with van der Waals surface area (Å²) < 4.78 is 0. The molecule has 2 aromatic rings. The quantitative estimate of drug-likeness (QED) is 0.701. The maximum Gasteiger partial charge on any atom is 0.166 e. The van der Waals surface area contributed by atoms with Crippen molar-refractivity contribution in [1.82, 2.24) is 15.5 Å². The van der Waals surface area contributed by atoms with Gasteiger partial charge in [-0.15, -0.1) is 0 Å². The standard InChI is InChI=1S/C23H29ClN4S/c24-19-6-8-22(9-7-19)28-15-12-21(17-28)26-23(29)25-20-10-13-27(14-11-20)16-18-4-2-1-3-5-18/h1-9,20-21H,10-17H2,(H2,25,26,29)/t21-/m0/s1. The van der Waals surface area contributed by atoms with Crippen LogP contribution in [-0.4, -0.2) is 48.3 Å². The zero-order chi connectivity index (χ0) is 20.1. The summed E-state index contributed by atoms with van der Waals surface area (Å²) in [6.07, 6.45) is 3.37. The monoisotopic (exact) mass is 428 g/mol. The molecule has 6 heteroatoms. The zero-order valence-electron chi connectivity index (χ0n) is 16.7. The van der Waals surface area contributed by atoms with Crippen LogP contribution in [-0.2, 0) is 6.54 Å². The smallest absolute Gasteiger partial charge is 0.166 e. The van der Waals surface area contributed by atoms with E-state index in [2.05, 4.69) is 62.9 Å². The number of rotatable bonds is 5. The van der Waals surface area contributed by atoms with E-state index in [-0.39, 0.29) is 0 Å². The van der Waals surface area contributed by atoms with Crippen LogP contribution < -0.4 is 15.5 Å². The van der Waals surface area contributed by atoms with E-state index in [4.69, 9.17) is 23.8 Å². The second-order valence-electron chi connectivity index (χ2n) is 8.06. The minimum Gasteiger partial charge on any atom is -0.369 e. The van der Waals surface area contributed by atoms with Crippen molar-refractivity contribution >= 4 is 34.6 Å². The van der Waals surface area contributed by atoms with E-state index < -0.39 is 0 Å². The summed E-state index contributed by atoms with van der Waals surface area (Å²) in [7, 11) is 0. The lowest BCUT2D eigenvalue weighted by molar-refractivity contribution is 0.198. The van der Waals surface area contributed by atoms with Gasteiger partial charge < -0.3 is 15.5 Å². The van der Waals surface area contributed by atoms with Gasteiger partial charge in [0, 0.05) is 55.5 Å². The highest BCUT2D eigenvalue weighted by Gasteiger charge is 2.25. The Labute approximate surface area is 184 Å². The normalized spacial score (nSPS) is 20.6. The van der Waals surface area contributed by atoms with E-state index in [1.807, 2.05) is 12.1 Å². The zero-order valence-corrected chi connectivity index (χ0v) is 18.3. The Morgan fingerprint density at radius 3 is 2.28 bits per heavy atom. The molecule has 1 atom stereocenters. The lowest BCUT2D eigenvalue weighted by Crippen LogP contribution is -2.50. The molecule has 0 bridgehead atoms. The summed E-state index contributed by atoms with van der Waals surface area (Å²) in [5.74, 6) is 0. The van der Waals surface area contributed by atoms with Crippen LogP contribution >= 0.6 is 23.8 Å². The highest BCUT2D eigenvalue weighted by atomic mass is 35.5. The van der Waals surface area contributed by atoms with Crippen LogP contribution in [0.3, 0.4) is 0 Å². The molecule has 4 rings (SSSR count). The van der Waals surface area contributed by atoms with Crippen molar-refractivity contribution in [3.8, 4) is 0 Å². The highest BCUT2D eigenvalue weighted by molar-refractivity contribution is 7.80. The maximum atomic E-state index is 6.00. The van der Waals surface area contributed by atoms with Crippen LogP contribution in [0.25, 0.3) is 0 Å². The van der Waals surface area contributed by atoms with Crippen LogP contribution in [0.15, 0.2) is 54.6 Å². The van der Waals surface area contributed by atoms with Gasteiger partial charge in [-0.2, -0.15) is 0 Å². The van der Waals surface area contributed by atoms with Gasteiger partial charge in [-0.05, 0) is 61.3 Å². The second kappa shape index (κ2) is 9.79. The fraction of sp³-hybridized carbons (Fsp3) is 0.435. The molecule has 154 valence electrons. The Morgan fingerprint density at radius 2 is 1.55 bits per heavy atom. The second-order valence-corrected chi connectivity index (χ2v) is 8.91. The first-order chi connectivity index (χ1) is 14.2. The van der Waals surface area contributed by atoms with Gasteiger partial charge in [0.2, 0.25) is 0 Å². The minimum absolute atomic E-state index is 0.392. The van der Waals surface area contributed by atoms with Crippen LogP contribution in [0.2, 0.25) is 5.02 Å². The Morgan fingerprint density at radius 1 is 0.897 bits per heavy atom. The molecule has 29 heavy (non-hydrogen) atoms. The lowest BCUT2D eigenvalue weighted by Gasteiger charge is -2.33. The van der Waals surface area contributed by atoms with E-state index in [0.717, 1.165) is 62.1 Å². The molecule has 2 aliphatic rings. The Balaban J connectivity index is 1.17. The Hall–Kier alpha value is -1.82. The molecular weight excluding hydrogens is 400 g/mol. The van der Waals surface area contributed by atoms with Crippen molar-refractivity contribution in [3.05, 3.63) is 65.2 Å². The molecule has 0 radical (unpaired) electrons. The molecule has 0 aliphatic carbocycles. The number of anilines is 1. The van der Waals surface area contributed by atoms with Gasteiger partial charge in [-0.25, -0.2) is 0 Å². The van der Waals surface area contributed by atoms with Crippen LogP contribution in [0, 0.1) is 0 Å². The topological polar surface area (TPSA) is 30.5 Å². The van der Waals surface area contributed by atoms with Gasteiger partial charge in [-0.1, -0.05) is 41.9 Å². The van der Waals surface area contributed by atoms with Gasteiger partial charge in [-0.3, -0.25) is 4.90 Å². The average molecular weight is 429 g/mol. The lowest BCUT2D eigenvalue weighted by atomic mass is 10.0. The van der Waals surface area contributed by atoms with E-state index >= 15 is 0 Å². The summed E-state index contributed by atoms with van der Waals surface area (Å²) in [4.78, 5) is 4.92. The molecule has 0 amide bonds. The van der Waals surface area contributed by atoms with Crippen molar-refractivity contribution in [3.63, 3.8) is 0 Å². The third-order valence-corrected chi connectivity index (χ3v) is 6.37. The average Bonchev–Trinajstić information content (AvgIpc) is 3.19. The number of likely N-dealkylation sites (tertiary alicyclic amines) is 1. The van der Waals surface area contributed by atoms with E-state index in [1.54, 1.807) is 0 Å². The Kier molecular flexibility index (Phi) is 6.90. The SMILES string of the molecule is S=C(NC1CCN(Cc2ccccc2)CC1)N[C@H]1CCN(c2ccc(Cl)cc2)C1. The summed E-state index contributed by atoms with van der Waals surface area (Å²) in [5, 5.41) is 8.66. The van der Waals surface area contributed by atoms with Crippen molar-refractivity contribution in [2.24, 2.45) is 0 Å². The first-order valence-electron chi connectivity index (χ1n) is 10.5. The number of hydrogen-bond acceptors (Lipinski definition) is 3. The molecule has 2 aromatic carbocycles. The van der Waals surface area contributed by atoms with E-state index in [1.165, 1.54) is 11.3 Å². The van der Waals surface area contributed by atoms with Crippen molar-refractivity contribution in [1.29, 1.82) is 0 Å².